The topological polar surface area (TPSA) is 70.5 Å². The molecule has 2 aromatic rings. The maximum atomic E-state index is 13.3. The highest BCUT2D eigenvalue weighted by Gasteiger charge is 2.41. The normalized spacial score (nSPS) is 21.0. The molecule has 0 saturated carbocycles. The number of carbonyl (C=O) groups excluding carboxylic acids is 1. The predicted octanol–water partition coefficient (Wildman–Crippen LogP) is 2.89. The van der Waals surface area contributed by atoms with E-state index < -0.39 is 17.9 Å². The maximum Gasteiger partial charge on any atom is 0.309 e. The van der Waals surface area contributed by atoms with Gasteiger partial charge in [0, 0.05) is 18.3 Å². The molecule has 0 bridgehead atoms. The third-order valence-electron chi connectivity index (χ3n) is 4.31. The molecule has 1 aliphatic heterocycles. The minimum absolute atomic E-state index is 0.0816. The number of likely N-dealkylation sites (tertiary alicyclic amines) is 1. The Bertz CT molecular complexity index is 735. The van der Waals surface area contributed by atoms with Gasteiger partial charge in [0.1, 0.15) is 5.82 Å². The van der Waals surface area contributed by atoms with Crippen LogP contribution in [0.3, 0.4) is 0 Å². The Morgan fingerprint density at radius 1 is 1.46 bits per heavy atom. The highest BCUT2D eigenvalue weighted by Crippen LogP contribution is 2.36. The SMILES string of the molecule is O=C(O)[C@@H]1CCC(=O)N(CCc2cccc(F)c2)[C@@H]1c1cscn1. The van der Waals surface area contributed by atoms with Crippen molar-refractivity contribution in [3.8, 4) is 0 Å². The number of rotatable bonds is 5. The smallest absolute Gasteiger partial charge is 0.309 e. The van der Waals surface area contributed by atoms with Crippen LogP contribution in [0.1, 0.15) is 30.1 Å². The van der Waals surface area contributed by atoms with Crippen molar-refractivity contribution in [2.75, 3.05) is 6.54 Å². The Balaban J connectivity index is 1.84. The van der Waals surface area contributed by atoms with E-state index >= 15 is 0 Å². The fraction of sp³-hybridized carbons (Fsp3) is 0.353. The first-order chi connectivity index (χ1) is 11.6. The number of piperidine rings is 1. The number of benzene rings is 1. The number of carboxylic acids is 1. The molecule has 1 aromatic heterocycles. The zero-order valence-corrected chi connectivity index (χ0v) is 13.7. The molecule has 0 unspecified atom stereocenters. The molecule has 1 N–H and O–H groups in total. The van der Waals surface area contributed by atoms with Crippen molar-refractivity contribution in [3.63, 3.8) is 0 Å². The predicted molar refractivity (Wildman–Crippen MR) is 87.0 cm³/mol. The van der Waals surface area contributed by atoms with E-state index in [1.807, 2.05) is 0 Å². The molecule has 2 atom stereocenters. The summed E-state index contributed by atoms with van der Waals surface area (Å²) in [7, 11) is 0. The fourth-order valence-electron chi connectivity index (χ4n) is 3.15. The average molecular weight is 348 g/mol. The number of thiazole rings is 1. The van der Waals surface area contributed by atoms with Gasteiger partial charge in [0.15, 0.2) is 0 Å². The first kappa shape index (κ1) is 16.6. The summed E-state index contributed by atoms with van der Waals surface area (Å²) in [6.07, 6.45) is 0.990. The van der Waals surface area contributed by atoms with Crippen LogP contribution in [0, 0.1) is 11.7 Å². The van der Waals surface area contributed by atoms with Crippen LogP contribution >= 0.6 is 11.3 Å². The highest BCUT2D eigenvalue weighted by atomic mass is 32.1. The van der Waals surface area contributed by atoms with E-state index in [4.69, 9.17) is 0 Å². The second-order valence-electron chi connectivity index (χ2n) is 5.81. The Morgan fingerprint density at radius 2 is 2.29 bits per heavy atom. The maximum absolute atomic E-state index is 13.3. The highest BCUT2D eigenvalue weighted by molar-refractivity contribution is 7.07. The largest absolute Gasteiger partial charge is 0.481 e. The van der Waals surface area contributed by atoms with Gasteiger partial charge in [0.25, 0.3) is 0 Å². The van der Waals surface area contributed by atoms with Gasteiger partial charge in [-0.2, -0.15) is 0 Å². The molecule has 1 amide bonds. The van der Waals surface area contributed by atoms with Gasteiger partial charge in [-0.25, -0.2) is 9.37 Å². The lowest BCUT2D eigenvalue weighted by atomic mass is 9.86. The lowest BCUT2D eigenvalue weighted by Gasteiger charge is -2.38. The van der Waals surface area contributed by atoms with Gasteiger partial charge in [0.2, 0.25) is 5.91 Å². The quantitative estimate of drug-likeness (QED) is 0.902. The van der Waals surface area contributed by atoms with Gasteiger partial charge >= 0.3 is 5.97 Å². The molecule has 0 spiro atoms. The van der Waals surface area contributed by atoms with E-state index in [9.17, 15) is 19.1 Å². The van der Waals surface area contributed by atoms with Crippen molar-refractivity contribution in [2.45, 2.75) is 25.3 Å². The first-order valence-electron chi connectivity index (χ1n) is 7.71. The fourth-order valence-corrected chi connectivity index (χ4v) is 3.73. The number of aromatic nitrogens is 1. The zero-order valence-electron chi connectivity index (χ0n) is 12.9. The summed E-state index contributed by atoms with van der Waals surface area (Å²) in [5.74, 6) is -1.99. The van der Waals surface area contributed by atoms with Crippen LogP contribution in [-0.2, 0) is 16.0 Å². The molecule has 2 heterocycles. The minimum Gasteiger partial charge on any atom is -0.481 e. The molecule has 1 saturated heterocycles. The Hall–Kier alpha value is -2.28. The lowest BCUT2D eigenvalue weighted by Crippen LogP contribution is -2.46. The van der Waals surface area contributed by atoms with Crippen LogP contribution in [0.2, 0.25) is 0 Å². The first-order valence-corrected chi connectivity index (χ1v) is 8.65. The molecule has 5 nitrogen and oxygen atoms in total. The number of halogens is 1. The number of amides is 1. The summed E-state index contributed by atoms with van der Waals surface area (Å²) in [4.78, 5) is 29.8. The van der Waals surface area contributed by atoms with Gasteiger partial charge in [-0.3, -0.25) is 9.59 Å². The molecular formula is C17H17FN2O3S. The summed E-state index contributed by atoms with van der Waals surface area (Å²) in [5.41, 5.74) is 3.02. The van der Waals surface area contributed by atoms with E-state index in [-0.39, 0.29) is 18.1 Å². The van der Waals surface area contributed by atoms with Gasteiger partial charge in [-0.1, -0.05) is 12.1 Å². The van der Waals surface area contributed by atoms with Crippen molar-refractivity contribution >= 4 is 23.2 Å². The molecule has 24 heavy (non-hydrogen) atoms. The second-order valence-corrected chi connectivity index (χ2v) is 6.53. The molecule has 1 aliphatic rings. The molecule has 3 rings (SSSR count). The van der Waals surface area contributed by atoms with Crippen LogP contribution in [0.25, 0.3) is 0 Å². The van der Waals surface area contributed by atoms with Gasteiger partial charge in [-0.05, 0) is 30.5 Å². The Kier molecular flexibility index (Phi) is 4.89. The summed E-state index contributed by atoms with van der Waals surface area (Å²) < 4.78 is 13.3. The van der Waals surface area contributed by atoms with Gasteiger partial charge in [-0.15, -0.1) is 11.3 Å². The van der Waals surface area contributed by atoms with E-state index in [1.54, 1.807) is 27.9 Å². The summed E-state index contributed by atoms with van der Waals surface area (Å²) in [6, 6.07) is 5.66. The van der Waals surface area contributed by atoms with Crippen LogP contribution in [0.5, 0.6) is 0 Å². The molecular weight excluding hydrogens is 331 g/mol. The van der Waals surface area contributed by atoms with Crippen LogP contribution in [0.15, 0.2) is 35.2 Å². The molecule has 7 heteroatoms. The summed E-state index contributed by atoms with van der Waals surface area (Å²) in [5, 5.41) is 11.3. The van der Waals surface area contributed by atoms with Crippen LogP contribution in [0.4, 0.5) is 4.39 Å². The van der Waals surface area contributed by atoms with Gasteiger partial charge in [0.05, 0.1) is 23.2 Å². The Labute approximate surface area is 142 Å². The molecule has 1 fully saturated rings. The number of aliphatic carboxylic acids is 1. The third-order valence-corrected chi connectivity index (χ3v) is 4.91. The van der Waals surface area contributed by atoms with E-state index in [2.05, 4.69) is 4.98 Å². The van der Waals surface area contributed by atoms with Crippen molar-refractivity contribution in [1.29, 1.82) is 0 Å². The average Bonchev–Trinajstić information content (AvgIpc) is 3.07. The van der Waals surface area contributed by atoms with Gasteiger partial charge < -0.3 is 10.0 Å². The van der Waals surface area contributed by atoms with E-state index in [0.717, 1.165) is 5.56 Å². The van der Waals surface area contributed by atoms with Crippen molar-refractivity contribution in [3.05, 3.63) is 52.2 Å². The Morgan fingerprint density at radius 3 is 2.96 bits per heavy atom. The molecule has 1 aromatic carbocycles. The van der Waals surface area contributed by atoms with E-state index in [1.165, 1.54) is 23.5 Å². The third kappa shape index (κ3) is 3.46. The summed E-state index contributed by atoms with van der Waals surface area (Å²) >= 11 is 1.38. The zero-order chi connectivity index (χ0) is 17.1. The van der Waals surface area contributed by atoms with E-state index in [0.29, 0.717) is 25.1 Å². The van der Waals surface area contributed by atoms with Crippen LogP contribution < -0.4 is 0 Å². The number of carboxylic acid groups (broad SMARTS) is 1. The minimum atomic E-state index is -0.920. The van der Waals surface area contributed by atoms with Crippen molar-refractivity contribution in [1.82, 2.24) is 9.88 Å². The molecule has 0 aliphatic carbocycles. The van der Waals surface area contributed by atoms with Crippen molar-refractivity contribution in [2.24, 2.45) is 5.92 Å². The monoisotopic (exact) mass is 348 g/mol. The number of hydrogen-bond donors (Lipinski definition) is 1. The second kappa shape index (κ2) is 7.09. The van der Waals surface area contributed by atoms with Crippen molar-refractivity contribution < 1.29 is 19.1 Å². The standard InChI is InChI=1S/C17H17FN2O3S/c18-12-3-1-2-11(8-12)6-7-20-15(21)5-4-13(17(22)23)16(20)14-9-24-10-19-14/h1-3,8-10,13,16H,4-7H2,(H,22,23)/t13-,16+/m1/s1. The number of hydrogen-bond acceptors (Lipinski definition) is 4. The van der Waals surface area contributed by atoms with Crippen LogP contribution in [-0.4, -0.2) is 33.4 Å². The molecule has 126 valence electrons. The molecule has 0 radical (unpaired) electrons. The number of nitrogens with zero attached hydrogens (tertiary/aromatic N) is 2. The summed E-state index contributed by atoms with van der Waals surface area (Å²) in [6.45, 7) is 0.342. The number of carbonyl (C=O) groups is 2. The lowest BCUT2D eigenvalue weighted by molar-refractivity contribution is -0.152.